The normalized spacial score (nSPS) is 14.8. The zero-order chi connectivity index (χ0) is 10.9. The summed E-state index contributed by atoms with van der Waals surface area (Å²) in [5.74, 6) is -1.25. The Balaban J connectivity index is 3.41. The molecule has 0 aromatic carbocycles. The van der Waals surface area contributed by atoms with Crippen LogP contribution in [0.2, 0.25) is 0 Å². The number of rotatable bonds is 2. The summed E-state index contributed by atoms with van der Waals surface area (Å²) in [6, 6.07) is 0. The molecule has 1 aromatic rings. The van der Waals surface area contributed by atoms with Crippen LogP contribution in [-0.2, 0) is 10.3 Å². The summed E-state index contributed by atoms with van der Waals surface area (Å²) in [4.78, 5) is 24.9. The number of nitrogens with one attached hydrogen (secondary N) is 1. The van der Waals surface area contributed by atoms with E-state index in [0.29, 0.717) is 0 Å². The first-order chi connectivity index (χ1) is 6.37. The van der Waals surface area contributed by atoms with Gasteiger partial charge >= 0.3 is 5.97 Å². The van der Waals surface area contributed by atoms with Gasteiger partial charge in [0, 0.05) is 18.0 Å². The van der Waals surface area contributed by atoms with Crippen LogP contribution in [0.1, 0.15) is 12.5 Å². The smallest absolute Gasteiger partial charge is 0.328 e. The number of aromatic amines is 1. The minimum atomic E-state index is -1.68. The molecule has 1 aromatic heterocycles. The Kier molecular flexibility index (Phi) is 2.77. The van der Waals surface area contributed by atoms with E-state index in [1.54, 1.807) is 0 Å². The minimum Gasteiger partial charge on any atom is -0.480 e. The molecule has 0 radical (unpaired) electrons. The quantitative estimate of drug-likeness (QED) is 0.717. The molecule has 0 saturated heterocycles. The molecule has 0 amide bonds. The summed E-state index contributed by atoms with van der Waals surface area (Å²) in [6.45, 7) is 1.27. The number of hydrogen-bond acceptors (Lipinski definition) is 3. The van der Waals surface area contributed by atoms with Crippen LogP contribution < -0.4 is 11.2 Å². The van der Waals surface area contributed by atoms with Gasteiger partial charge in [0.1, 0.15) is 5.54 Å². The van der Waals surface area contributed by atoms with E-state index < -0.39 is 16.9 Å². The van der Waals surface area contributed by atoms with E-state index in [2.05, 4.69) is 20.9 Å². The molecule has 1 heterocycles. The zero-order valence-corrected chi connectivity index (χ0v) is 8.96. The van der Waals surface area contributed by atoms with E-state index in [1.807, 2.05) is 0 Å². The average Bonchev–Trinajstić information content (AvgIpc) is 2.09. The molecule has 76 valence electrons. The lowest BCUT2D eigenvalue weighted by atomic mass is 9.95. The Bertz CT molecular complexity index is 425. The second kappa shape index (κ2) is 3.55. The Morgan fingerprint density at radius 3 is 2.71 bits per heavy atom. The van der Waals surface area contributed by atoms with Crippen LogP contribution in [0.15, 0.2) is 21.7 Å². The van der Waals surface area contributed by atoms with Crippen LogP contribution in [0, 0.1) is 0 Å². The lowest BCUT2D eigenvalue weighted by molar-refractivity contribution is -0.143. The summed E-state index contributed by atoms with van der Waals surface area (Å²) in [5.41, 5.74) is 3.42. The standard InChI is InChI=1S/C8H9BrN2O3/c1-8(10,7(13)14)4-2-11-3-5(9)6(4)12/h2-3H,10H2,1H3,(H,11,12)(H,13,14)/t8-/m0/s1. The highest BCUT2D eigenvalue weighted by molar-refractivity contribution is 9.10. The third-order valence-electron chi connectivity index (χ3n) is 1.90. The SMILES string of the molecule is C[C@@](N)(C(=O)O)c1c[nH]cc(Br)c1=O. The average molecular weight is 261 g/mol. The maximum Gasteiger partial charge on any atom is 0.328 e. The molecule has 0 aliphatic heterocycles. The first-order valence-corrected chi connectivity index (χ1v) is 4.56. The molecule has 1 atom stereocenters. The molecule has 6 heteroatoms. The van der Waals surface area contributed by atoms with Crippen LogP contribution >= 0.6 is 15.9 Å². The summed E-state index contributed by atoms with van der Waals surface area (Å²) in [5, 5.41) is 8.82. The van der Waals surface area contributed by atoms with Gasteiger partial charge < -0.3 is 15.8 Å². The van der Waals surface area contributed by atoms with Gasteiger partial charge in [-0.1, -0.05) is 0 Å². The number of carbonyl (C=O) groups is 1. The Hall–Kier alpha value is -1.14. The van der Waals surface area contributed by atoms with Gasteiger partial charge in [-0.05, 0) is 22.9 Å². The highest BCUT2D eigenvalue weighted by atomic mass is 79.9. The molecule has 0 saturated carbocycles. The van der Waals surface area contributed by atoms with Crippen molar-refractivity contribution >= 4 is 21.9 Å². The van der Waals surface area contributed by atoms with E-state index in [0.717, 1.165) is 0 Å². The van der Waals surface area contributed by atoms with Crippen molar-refractivity contribution in [3.8, 4) is 0 Å². The summed E-state index contributed by atoms with van der Waals surface area (Å²) < 4.78 is 0.257. The largest absolute Gasteiger partial charge is 0.480 e. The monoisotopic (exact) mass is 260 g/mol. The lowest BCUT2D eigenvalue weighted by Gasteiger charge is -2.18. The van der Waals surface area contributed by atoms with Crippen molar-refractivity contribution in [1.29, 1.82) is 0 Å². The van der Waals surface area contributed by atoms with Crippen LogP contribution in [0.5, 0.6) is 0 Å². The van der Waals surface area contributed by atoms with Crippen molar-refractivity contribution in [3.63, 3.8) is 0 Å². The topological polar surface area (TPSA) is 96.2 Å². The van der Waals surface area contributed by atoms with Crippen molar-refractivity contribution in [1.82, 2.24) is 4.98 Å². The van der Waals surface area contributed by atoms with Gasteiger partial charge in [-0.2, -0.15) is 0 Å². The van der Waals surface area contributed by atoms with Gasteiger partial charge in [0.15, 0.2) is 0 Å². The first kappa shape index (κ1) is 10.9. The fourth-order valence-corrected chi connectivity index (χ4v) is 1.30. The van der Waals surface area contributed by atoms with Crippen molar-refractivity contribution in [2.24, 2.45) is 5.73 Å². The molecule has 0 aliphatic carbocycles. The number of aromatic nitrogens is 1. The Morgan fingerprint density at radius 1 is 1.64 bits per heavy atom. The number of halogens is 1. The molecule has 0 aliphatic rings. The number of nitrogens with two attached hydrogens (primary N) is 1. The zero-order valence-electron chi connectivity index (χ0n) is 7.37. The van der Waals surface area contributed by atoms with Crippen LogP contribution in [0.4, 0.5) is 0 Å². The van der Waals surface area contributed by atoms with E-state index >= 15 is 0 Å². The fraction of sp³-hybridized carbons (Fsp3) is 0.250. The van der Waals surface area contributed by atoms with Crippen LogP contribution in [-0.4, -0.2) is 16.1 Å². The molecule has 0 spiro atoms. The van der Waals surface area contributed by atoms with Gasteiger partial charge in [-0.25, -0.2) is 4.79 Å². The van der Waals surface area contributed by atoms with Crippen molar-refractivity contribution in [2.75, 3.05) is 0 Å². The molecule has 4 N–H and O–H groups in total. The van der Waals surface area contributed by atoms with Crippen molar-refractivity contribution < 1.29 is 9.90 Å². The maximum absolute atomic E-state index is 11.5. The number of aliphatic carboxylic acids is 1. The minimum absolute atomic E-state index is 0.0133. The van der Waals surface area contributed by atoms with E-state index in [4.69, 9.17) is 10.8 Å². The van der Waals surface area contributed by atoms with E-state index in [9.17, 15) is 9.59 Å². The highest BCUT2D eigenvalue weighted by Crippen LogP contribution is 2.15. The molecule has 5 nitrogen and oxygen atoms in total. The number of H-pyrrole nitrogens is 1. The molecule has 0 bridgehead atoms. The van der Waals surface area contributed by atoms with Gasteiger partial charge in [-0.15, -0.1) is 0 Å². The third-order valence-corrected chi connectivity index (χ3v) is 2.49. The molecule has 14 heavy (non-hydrogen) atoms. The second-order valence-electron chi connectivity index (χ2n) is 3.05. The van der Waals surface area contributed by atoms with Crippen molar-refractivity contribution in [3.05, 3.63) is 32.7 Å². The van der Waals surface area contributed by atoms with Crippen molar-refractivity contribution in [2.45, 2.75) is 12.5 Å². The van der Waals surface area contributed by atoms with Gasteiger partial charge in [0.25, 0.3) is 0 Å². The second-order valence-corrected chi connectivity index (χ2v) is 3.91. The van der Waals surface area contributed by atoms with Crippen LogP contribution in [0.25, 0.3) is 0 Å². The van der Waals surface area contributed by atoms with E-state index in [-0.39, 0.29) is 10.0 Å². The summed E-state index contributed by atoms with van der Waals surface area (Å²) >= 11 is 3.00. The van der Waals surface area contributed by atoms with Gasteiger partial charge in [-0.3, -0.25) is 4.79 Å². The fourth-order valence-electron chi connectivity index (χ4n) is 0.959. The predicted octanol–water partition coefficient (Wildman–Crippen LogP) is 0.396. The highest BCUT2D eigenvalue weighted by Gasteiger charge is 2.33. The Labute approximate surface area is 88.1 Å². The van der Waals surface area contributed by atoms with E-state index in [1.165, 1.54) is 19.3 Å². The summed E-state index contributed by atoms with van der Waals surface area (Å²) in [7, 11) is 0. The number of carboxylic acid groups (broad SMARTS) is 1. The molecule has 0 fully saturated rings. The predicted molar refractivity (Wildman–Crippen MR) is 53.9 cm³/mol. The number of hydrogen-bond donors (Lipinski definition) is 3. The number of carboxylic acids is 1. The Morgan fingerprint density at radius 2 is 2.21 bits per heavy atom. The van der Waals surface area contributed by atoms with Gasteiger partial charge in [0.2, 0.25) is 5.43 Å². The molecule has 0 unspecified atom stereocenters. The van der Waals surface area contributed by atoms with Crippen LogP contribution in [0.3, 0.4) is 0 Å². The lowest BCUT2D eigenvalue weighted by Crippen LogP contribution is -2.45. The molecular formula is C8H9BrN2O3. The number of pyridine rings is 1. The summed E-state index contributed by atoms with van der Waals surface area (Å²) in [6.07, 6.45) is 2.71. The molecule has 1 rings (SSSR count). The third kappa shape index (κ3) is 1.71. The molecular weight excluding hydrogens is 252 g/mol. The first-order valence-electron chi connectivity index (χ1n) is 3.76. The maximum atomic E-state index is 11.5. The van der Waals surface area contributed by atoms with Gasteiger partial charge in [0.05, 0.1) is 4.47 Å².